The number of nitrogens with zero attached hydrogens (tertiary/aromatic N) is 3. The lowest BCUT2D eigenvalue weighted by Crippen LogP contribution is -2.07. The summed E-state index contributed by atoms with van der Waals surface area (Å²) in [5, 5.41) is 8.95. The van der Waals surface area contributed by atoms with Gasteiger partial charge in [-0.05, 0) is 19.1 Å². The zero-order valence-electron chi connectivity index (χ0n) is 14.9. The lowest BCUT2D eigenvalue weighted by Gasteiger charge is -2.13. The maximum atomic E-state index is 11.5. The fraction of sp³-hybridized carbons (Fsp3) is 0.438. The molecule has 0 atom stereocenters. The van der Waals surface area contributed by atoms with Crippen molar-refractivity contribution >= 4 is 17.7 Å². The summed E-state index contributed by atoms with van der Waals surface area (Å²) < 4.78 is 22.8. The van der Waals surface area contributed by atoms with E-state index in [2.05, 4.69) is 10.2 Å². The van der Waals surface area contributed by atoms with Gasteiger partial charge in [0.1, 0.15) is 0 Å². The molecule has 0 N–H and O–H groups in total. The second-order valence-corrected chi connectivity index (χ2v) is 5.82. The number of benzene rings is 1. The quantitative estimate of drug-likeness (QED) is 0.518. The number of aromatic nitrogens is 3. The molecule has 0 radical (unpaired) electrons. The molecule has 0 saturated carbocycles. The van der Waals surface area contributed by atoms with Gasteiger partial charge in [0.05, 0.1) is 33.7 Å². The van der Waals surface area contributed by atoms with E-state index in [0.29, 0.717) is 34.8 Å². The SMILES string of the molecule is CCOC(=O)CSc1nnc(-c2cc(OC)c(OC)c(OC)c2)n1C. The highest BCUT2D eigenvalue weighted by Gasteiger charge is 2.18. The highest BCUT2D eigenvalue weighted by Crippen LogP contribution is 2.41. The fourth-order valence-electron chi connectivity index (χ4n) is 2.23. The van der Waals surface area contributed by atoms with Crippen molar-refractivity contribution in [2.75, 3.05) is 33.7 Å². The summed E-state index contributed by atoms with van der Waals surface area (Å²) in [4.78, 5) is 11.5. The molecule has 2 aromatic rings. The zero-order chi connectivity index (χ0) is 18.4. The molecule has 0 aliphatic carbocycles. The molecule has 1 aromatic carbocycles. The van der Waals surface area contributed by atoms with Crippen molar-refractivity contribution in [1.29, 1.82) is 0 Å². The molecule has 1 aromatic heterocycles. The molecule has 0 aliphatic rings. The van der Waals surface area contributed by atoms with Crippen molar-refractivity contribution < 1.29 is 23.7 Å². The molecular weight excluding hydrogens is 346 g/mol. The van der Waals surface area contributed by atoms with Crippen LogP contribution in [0.2, 0.25) is 0 Å². The van der Waals surface area contributed by atoms with E-state index < -0.39 is 0 Å². The minimum Gasteiger partial charge on any atom is -0.493 e. The van der Waals surface area contributed by atoms with E-state index in [1.54, 1.807) is 45.0 Å². The average molecular weight is 367 g/mol. The molecule has 25 heavy (non-hydrogen) atoms. The molecule has 1 heterocycles. The first-order chi connectivity index (χ1) is 12.0. The van der Waals surface area contributed by atoms with E-state index in [9.17, 15) is 4.79 Å². The largest absolute Gasteiger partial charge is 0.493 e. The summed E-state index contributed by atoms with van der Waals surface area (Å²) in [6, 6.07) is 3.59. The highest BCUT2D eigenvalue weighted by molar-refractivity contribution is 7.99. The van der Waals surface area contributed by atoms with E-state index in [0.717, 1.165) is 5.56 Å². The number of thioether (sulfide) groups is 1. The first kappa shape index (κ1) is 18.9. The van der Waals surface area contributed by atoms with Crippen molar-refractivity contribution in [2.45, 2.75) is 12.1 Å². The predicted molar refractivity (Wildman–Crippen MR) is 93.5 cm³/mol. The first-order valence-corrected chi connectivity index (χ1v) is 8.52. The molecule has 2 rings (SSSR count). The number of rotatable bonds is 8. The number of carbonyl (C=O) groups is 1. The van der Waals surface area contributed by atoms with E-state index in [1.807, 2.05) is 7.05 Å². The van der Waals surface area contributed by atoms with E-state index in [1.165, 1.54) is 11.8 Å². The summed E-state index contributed by atoms with van der Waals surface area (Å²) in [5.74, 6) is 2.07. The molecule has 0 saturated heterocycles. The minimum absolute atomic E-state index is 0.176. The third-order valence-corrected chi connectivity index (χ3v) is 4.38. The molecule has 0 unspecified atom stereocenters. The van der Waals surface area contributed by atoms with Gasteiger partial charge in [-0.3, -0.25) is 4.79 Å². The number of hydrogen-bond acceptors (Lipinski definition) is 8. The second-order valence-electron chi connectivity index (χ2n) is 4.87. The van der Waals surface area contributed by atoms with Crippen molar-refractivity contribution in [3.8, 4) is 28.6 Å². The maximum Gasteiger partial charge on any atom is 0.316 e. The van der Waals surface area contributed by atoms with Gasteiger partial charge < -0.3 is 23.5 Å². The van der Waals surface area contributed by atoms with Crippen LogP contribution in [0.3, 0.4) is 0 Å². The van der Waals surface area contributed by atoms with Crippen molar-refractivity contribution in [3.05, 3.63) is 12.1 Å². The van der Waals surface area contributed by atoms with E-state index in [4.69, 9.17) is 18.9 Å². The van der Waals surface area contributed by atoms with Crippen LogP contribution in [0, 0.1) is 0 Å². The van der Waals surface area contributed by atoms with Gasteiger partial charge in [-0.2, -0.15) is 0 Å². The Morgan fingerprint density at radius 2 is 1.76 bits per heavy atom. The molecule has 0 bridgehead atoms. The Balaban J connectivity index is 2.32. The Hall–Kier alpha value is -2.42. The fourth-order valence-corrected chi connectivity index (χ4v) is 2.94. The smallest absolute Gasteiger partial charge is 0.316 e. The Morgan fingerprint density at radius 3 is 2.28 bits per heavy atom. The van der Waals surface area contributed by atoms with Crippen LogP contribution >= 0.6 is 11.8 Å². The standard InChI is InChI=1S/C16H21N3O5S/c1-6-24-13(20)9-25-16-18-17-15(19(16)2)10-7-11(21-3)14(23-5)12(8-10)22-4/h7-8H,6,9H2,1-5H3. The van der Waals surface area contributed by atoms with Crippen LogP contribution in [0.15, 0.2) is 17.3 Å². The third kappa shape index (κ3) is 4.16. The minimum atomic E-state index is -0.287. The third-order valence-electron chi connectivity index (χ3n) is 3.38. The number of methoxy groups -OCH3 is 3. The summed E-state index contributed by atoms with van der Waals surface area (Å²) in [6.07, 6.45) is 0. The molecule has 9 heteroatoms. The van der Waals surface area contributed by atoms with Gasteiger partial charge in [-0.25, -0.2) is 0 Å². The summed E-state index contributed by atoms with van der Waals surface area (Å²) in [5.41, 5.74) is 0.757. The van der Waals surface area contributed by atoms with E-state index >= 15 is 0 Å². The summed E-state index contributed by atoms with van der Waals surface area (Å²) >= 11 is 1.27. The number of esters is 1. The van der Waals surface area contributed by atoms with Gasteiger partial charge in [-0.15, -0.1) is 10.2 Å². The summed E-state index contributed by atoms with van der Waals surface area (Å²) in [6.45, 7) is 2.13. The number of ether oxygens (including phenoxy) is 4. The molecule has 0 spiro atoms. The van der Waals surface area contributed by atoms with Gasteiger partial charge in [0, 0.05) is 12.6 Å². The Bertz CT molecular complexity index is 722. The highest BCUT2D eigenvalue weighted by atomic mass is 32.2. The van der Waals surface area contributed by atoms with Gasteiger partial charge >= 0.3 is 5.97 Å². The van der Waals surface area contributed by atoms with Crippen LogP contribution in [-0.2, 0) is 16.6 Å². The molecule has 0 amide bonds. The van der Waals surface area contributed by atoms with Gasteiger partial charge in [0.2, 0.25) is 5.75 Å². The molecule has 0 fully saturated rings. The number of hydrogen-bond donors (Lipinski definition) is 0. The van der Waals surface area contributed by atoms with Crippen molar-refractivity contribution in [1.82, 2.24) is 14.8 Å². The van der Waals surface area contributed by atoms with Crippen LogP contribution in [0.25, 0.3) is 11.4 Å². The van der Waals surface area contributed by atoms with Gasteiger partial charge in [0.25, 0.3) is 0 Å². The Kier molecular flexibility index (Phi) is 6.51. The van der Waals surface area contributed by atoms with E-state index in [-0.39, 0.29) is 11.7 Å². The van der Waals surface area contributed by atoms with Crippen LogP contribution in [0.1, 0.15) is 6.92 Å². The molecular formula is C16H21N3O5S. The normalized spacial score (nSPS) is 10.4. The maximum absolute atomic E-state index is 11.5. The van der Waals surface area contributed by atoms with Crippen LogP contribution < -0.4 is 14.2 Å². The molecule has 0 aliphatic heterocycles. The zero-order valence-corrected chi connectivity index (χ0v) is 15.7. The Morgan fingerprint density at radius 1 is 1.12 bits per heavy atom. The number of carbonyl (C=O) groups excluding carboxylic acids is 1. The topological polar surface area (TPSA) is 84.7 Å². The summed E-state index contributed by atoms with van der Waals surface area (Å²) in [7, 11) is 6.48. The van der Waals surface area contributed by atoms with Gasteiger partial charge in [-0.1, -0.05) is 11.8 Å². The van der Waals surface area contributed by atoms with Gasteiger partial charge in [0.15, 0.2) is 22.5 Å². The second kappa shape index (κ2) is 8.61. The van der Waals surface area contributed by atoms with Crippen LogP contribution in [0.5, 0.6) is 17.2 Å². The Labute approximate surface area is 150 Å². The lowest BCUT2D eigenvalue weighted by molar-refractivity contribution is -0.139. The monoisotopic (exact) mass is 367 g/mol. The van der Waals surface area contributed by atoms with Crippen LogP contribution in [0.4, 0.5) is 0 Å². The molecule has 136 valence electrons. The molecule has 8 nitrogen and oxygen atoms in total. The predicted octanol–water partition coefficient (Wildman–Crippen LogP) is 2.16. The first-order valence-electron chi connectivity index (χ1n) is 7.53. The van der Waals surface area contributed by atoms with Crippen molar-refractivity contribution in [2.24, 2.45) is 7.05 Å². The van der Waals surface area contributed by atoms with Crippen molar-refractivity contribution in [3.63, 3.8) is 0 Å². The average Bonchev–Trinajstić information content (AvgIpc) is 2.99. The lowest BCUT2D eigenvalue weighted by atomic mass is 10.1. The van der Waals surface area contributed by atoms with Crippen LogP contribution in [-0.4, -0.2) is 54.4 Å².